The number of para-hydroxylation sites is 1. The number of anilines is 1. The first kappa shape index (κ1) is 20.1. The highest BCUT2D eigenvalue weighted by atomic mass is 16.5. The van der Waals surface area contributed by atoms with Crippen molar-refractivity contribution in [3.05, 3.63) is 87.5 Å². The van der Waals surface area contributed by atoms with Crippen LogP contribution in [0.15, 0.2) is 80.7 Å². The molecule has 0 fully saturated rings. The average Bonchev–Trinajstić information content (AvgIpc) is 2.76. The highest BCUT2D eigenvalue weighted by Gasteiger charge is 2.12. The first-order valence-electron chi connectivity index (χ1n) is 9.67. The molecule has 0 spiro atoms. The molecular formula is C23H19N3O5. The first-order valence-corrected chi connectivity index (χ1v) is 9.67. The largest absolute Gasteiger partial charge is 0.494 e. The van der Waals surface area contributed by atoms with E-state index >= 15 is 0 Å². The van der Waals surface area contributed by atoms with E-state index in [4.69, 9.17) is 9.15 Å². The molecule has 2 heterocycles. The highest BCUT2D eigenvalue weighted by molar-refractivity contribution is 5.92. The second-order valence-electron chi connectivity index (χ2n) is 6.71. The number of benzene rings is 2. The number of hydrogen-bond donors (Lipinski definition) is 1. The van der Waals surface area contributed by atoms with Gasteiger partial charge in [0.05, 0.1) is 12.3 Å². The maximum Gasteiger partial charge on any atom is 0.360 e. The molecule has 156 valence electrons. The van der Waals surface area contributed by atoms with Crippen molar-refractivity contribution in [2.75, 3.05) is 11.9 Å². The number of aromatic nitrogens is 2. The molecule has 0 bridgehead atoms. The quantitative estimate of drug-likeness (QED) is 0.484. The third kappa shape index (κ3) is 4.53. The number of hydrogen-bond acceptors (Lipinski definition) is 6. The van der Waals surface area contributed by atoms with Gasteiger partial charge in [0.15, 0.2) is 0 Å². The molecule has 0 aliphatic rings. The molecule has 8 nitrogen and oxygen atoms in total. The van der Waals surface area contributed by atoms with E-state index in [-0.39, 0.29) is 12.2 Å². The Bertz CT molecular complexity index is 1360. The summed E-state index contributed by atoms with van der Waals surface area (Å²) in [6.45, 7) is 2.11. The van der Waals surface area contributed by atoms with Crippen LogP contribution in [0.2, 0.25) is 0 Å². The SMILES string of the molecule is CCOc1ccc(-c2ccc(=O)n(CC(=O)Nc3cc4ccccc4oc3=O)n2)cc1. The predicted octanol–water partition coefficient (Wildman–Crippen LogP) is 3.05. The van der Waals surface area contributed by atoms with Crippen molar-refractivity contribution in [2.24, 2.45) is 0 Å². The highest BCUT2D eigenvalue weighted by Crippen LogP contribution is 2.20. The van der Waals surface area contributed by atoms with Gasteiger partial charge in [-0.25, -0.2) is 9.48 Å². The lowest BCUT2D eigenvalue weighted by atomic mass is 10.1. The summed E-state index contributed by atoms with van der Waals surface area (Å²) in [5, 5.41) is 7.44. The van der Waals surface area contributed by atoms with Gasteiger partial charge in [0.2, 0.25) is 5.91 Å². The summed E-state index contributed by atoms with van der Waals surface area (Å²) in [6, 6.07) is 18.7. The molecule has 0 saturated heterocycles. The van der Waals surface area contributed by atoms with Gasteiger partial charge in [-0.2, -0.15) is 5.10 Å². The third-order valence-corrected chi connectivity index (χ3v) is 4.54. The predicted molar refractivity (Wildman–Crippen MR) is 116 cm³/mol. The molecule has 0 aliphatic carbocycles. The summed E-state index contributed by atoms with van der Waals surface area (Å²) >= 11 is 0. The van der Waals surface area contributed by atoms with Gasteiger partial charge < -0.3 is 14.5 Å². The molecule has 4 aromatic rings. The number of carbonyl (C=O) groups is 1. The van der Waals surface area contributed by atoms with Gasteiger partial charge in [0.1, 0.15) is 23.6 Å². The van der Waals surface area contributed by atoms with Gasteiger partial charge in [-0.05, 0) is 49.4 Å². The summed E-state index contributed by atoms with van der Waals surface area (Å²) in [7, 11) is 0. The summed E-state index contributed by atoms with van der Waals surface area (Å²) in [4.78, 5) is 36.8. The van der Waals surface area contributed by atoms with Crippen LogP contribution in [0.5, 0.6) is 5.75 Å². The van der Waals surface area contributed by atoms with E-state index in [9.17, 15) is 14.4 Å². The standard InChI is InChI=1S/C23H19N3O5/c1-2-30-17-9-7-15(8-10-17)18-11-12-22(28)26(25-18)14-21(27)24-19-13-16-5-3-4-6-20(16)31-23(19)29/h3-13H,2,14H2,1H3,(H,24,27). The Morgan fingerprint density at radius 2 is 1.84 bits per heavy atom. The number of nitrogens with zero attached hydrogens (tertiary/aromatic N) is 2. The topological polar surface area (TPSA) is 103 Å². The van der Waals surface area contributed by atoms with E-state index in [0.29, 0.717) is 23.3 Å². The molecular weight excluding hydrogens is 398 g/mol. The number of ether oxygens (including phenoxy) is 1. The van der Waals surface area contributed by atoms with E-state index in [1.165, 1.54) is 12.1 Å². The Kier molecular flexibility index (Phi) is 5.61. The molecule has 0 atom stereocenters. The summed E-state index contributed by atoms with van der Waals surface area (Å²) in [6.07, 6.45) is 0. The van der Waals surface area contributed by atoms with Gasteiger partial charge in [0, 0.05) is 17.0 Å². The van der Waals surface area contributed by atoms with Crippen molar-refractivity contribution in [3.63, 3.8) is 0 Å². The summed E-state index contributed by atoms with van der Waals surface area (Å²) < 4.78 is 11.7. The molecule has 1 N–H and O–H groups in total. The van der Waals surface area contributed by atoms with Gasteiger partial charge in [-0.3, -0.25) is 9.59 Å². The van der Waals surface area contributed by atoms with Crippen LogP contribution in [0, 0.1) is 0 Å². The Morgan fingerprint density at radius 3 is 2.61 bits per heavy atom. The Morgan fingerprint density at radius 1 is 1.06 bits per heavy atom. The molecule has 8 heteroatoms. The maximum atomic E-state index is 12.5. The van der Waals surface area contributed by atoms with E-state index in [2.05, 4.69) is 10.4 Å². The Labute approximate surface area is 176 Å². The van der Waals surface area contributed by atoms with Crippen LogP contribution in [0.3, 0.4) is 0 Å². The summed E-state index contributed by atoms with van der Waals surface area (Å²) in [5.41, 5.74) is 0.616. The molecule has 1 amide bonds. The molecule has 4 rings (SSSR count). The normalized spacial score (nSPS) is 10.7. The lowest BCUT2D eigenvalue weighted by Gasteiger charge is -2.09. The lowest BCUT2D eigenvalue weighted by molar-refractivity contribution is -0.117. The summed E-state index contributed by atoms with van der Waals surface area (Å²) in [5.74, 6) is 0.161. The van der Waals surface area contributed by atoms with Crippen LogP contribution >= 0.6 is 0 Å². The monoisotopic (exact) mass is 417 g/mol. The fourth-order valence-corrected chi connectivity index (χ4v) is 3.08. The number of carbonyl (C=O) groups excluding carboxylic acids is 1. The van der Waals surface area contributed by atoms with Crippen molar-refractivity contribution >= 4 is 22.6 Å². The van der Waals surface area contributed by atoms with E-state index in [1.807, 2.05) is 31.2 Å². The first-order chi connectivity index (χ1) is 15.0. The van der Waals surface area contributed by atoms with E-state index < -0.39 is 17.1 Å². The van der Waals surface area contributed by atoms with Gasteiger partial charge >= 0.3 is 5.63 Å². The van der Waals surface area contributed by atoms with Gasteiger partial charge in [-0.15, -0.1) is 0 Å². The molecule has 2 aromatic heterocycles. The van der Waals surface area contributed by atoms with Crippen LogP contribution in [0.1, 0.15) is 6.92 Å². The average molecular weight is 417 g/mol. The van der Waals surface area contributed by atoms with Crippen molar-refractivity contribution < 1.29 is 13.9 Å². The third-order valence-electron chi connectivity index (χ3n) is 4.54. The minimum Gasteiger partial charge on any atom is -0.494 e. The van der Waals surface area contributed by atoms with Crippen LogP contribution in [0.25, 0.3) is 22.2 Å². The number of nitrogens with one attached hydrogen (secondary N) is 1. The second-order valence-corrected chi connectivity index (χ2v) is 6.71. The van der Waals surface area contributed by atoms with Gasteiger partial charge in [-0.1, -0.05) is 18.2 Å². The molecule has 0 aliphatic heterocycles. The van der Waals surface area contributed by atoms with Crippen molar-refractivity contribution in [3.8, 4) is 17.0 Å². The number of amides is 1. The fourth-order valence-electron chi connectivity index (χ4n) is 3.08. The molecule has 0 radical (unpaired) electrons. The Hall–Kier alpha value is -4.20. The van der Waals surface area contributed by atoms with E-state index in [0.717, 1.165) is 16.0 Å². The molecule has 31 heavy (non-hydrogen) atoms. The Balaban J connectivity index is 1.54. The number of rotatable bonds is 6. The second kappa shape index (κ2) is 8.66. The minimum atomic E-state index is -0.671. The van der Waals surface area contributed by atoms with Crippen LogP contribution < -0.4 is 21.2 Å². The zero-order valence-electron chi connectivity index (χ0n) is 16.7. The van der Waals surface area contributed by atoms with Crippen molar-refractivity contribution in [2.45, 2.75) is 13.5 Å². The zero-order valence-corrected chi connectivity index (χ0v) is 16.7. The van der Waals surface area contributed by atoms with Crippen LogP contribution in [0.4, 0.5) is 5.69 Å². The van der Waals surface area contributed by atoms with Crippen molar-refractivity contribution in [1.29, 1.82) is 0 Å². The minimum absolute atomic E-state index is 0.000540. The van der Waals surface area contributed by atoms with Crippen molar-refractivity contribution in [1.82, 2.24) is 9.78 Å². The zero-order chi connectivity index (χ0) is 21.8. The fraction of sp³-hybridized carbons (Fsp3) is 0.130. The lowest BCUT2D eigenvalue weighted by Crippen LogP contribution is -2.30. The molecule has 0 saturated carbocycles. The maximum absolute atomic E-state index is 12.5. The molecule has 2 aromatic carbocycles. The number of fused-ring (bicyclic) bond motifs is 1. The van der Waals surface area contributed by atoms with E-state index in [1.54, 1.807) is 30.3 Å². The van der Waals surface area contributed by atoms with Crippen LogP contribution in [-0.2, 0) is 11.3 Å². The van der Waals surface area contributed by atoms with Gasteiger partial charge in [0.25, 0.3) is 5.56 Å². The smallest absolute Gasteiger partial charge is 0.360 e. The van der Waals surface area contributed by atoms with Crippen LogP contribution in [-0.4, -0.2) is 22.3 Å². The molecule has 0 unspecified atom stereocenters.